The van der Waals surface area contributed by atoms with E-state index < -0.39 is 0 Å². The second-order valence-electron chi connectivity index (χ2n) is 6.34. The highest BCUT2D eigenvalue weighted by atomic mass is 35.5. The van der Waals surface area contributed by atoms with Crippen LogP contribution in [0.15, 0.2) is 54.6 Å². The average molecular weight is 406 g/mol. The van der Waals surface area contributed by atoms with Crippen molar-refractivity contribution in [1.82, 2.24) is 10.2 Å². The molecule has 5 nitrogen and oxygen atoms in total. The summed E-state index contributed by atoms with van der Waals surface area (Å²) in [4.78, 5) is 26.3. The molecule has 0 saturated carbocycles. The van der Waals surface area contributed by atoms with Crippen molar-refractivity contribution in [3.8, 4) is 0 Å². The van der Waals surface area contributed by atoms with Crippen LogP contribution in [0.3, 0.4) is 0 Å². The van der Waals surface area contributed by atoms with Gasteiger partial charge in [0.25, 0.3) is 0 Å². The average Bonchev–Trinajstić information content (AvgIpc) is 2.63. The molecule has 0 unspecified atom stereocenters. The van der Waals surface area contributed by atoms with Crippen molar-refractivity contribution < 1.29 is 9.59 Å². The largest absolute Gasteiger partial charge is 0.347 e. The monoisotopic (exact) mass is 405 g/mol. The number of benzene rings is 2. The van der Waals surface area contributed by atoms with E-state index in [1.807, 2.05) is 49.3 Å². The molecule has 0 aliphatic rings. The van der Waals surface area contributed by atoms with E-state index in [0.717, 1.165) is 5.56 Å². The quantitative estimate of drug-likeness (QED) is 0.671. The van der Waals surface area contributed by atoms with E-state index in [0.29, 0.717) is 17.3 Å². The number of hydrogen-bond donors (Lipinski definition) is 2. The van der Waals surface area contributed by atoms with Crippen LogP contribution in [0.25, 0.3) is 0 Å². The van der Waals surface area contributed by atoms with Crippen LogP contribution in [0.2, 0.25) is 5.02 Å². The van der Waals surface area contributed by atoms with Gasteiger partial charge in [-0.3, -0.25) is 9.59 Å². The highest BCUT2D eigenvalue weighted by Crippen LogP contribution is 2.15. The molecular formula is C20H24ClN3O2S. The summed E-state index contributed by atoms with van der Waals surface area (Å²) >= 11 is 7.10. The van der Waals surface area contributed by atoms with Crippen LogP contribution in [-0.4, -0.2) is 48.9 Å². The van der Waals surface area contributed by atoms with Crippen molar-refractivity contribution in [2.45, 2.75) is 6.04 Å². The van der Waals surface area contributed by atoms with Crippen molar-refractivity contribution in [2.75, 3.05) is 37.5 Å². The molecule has 2 amide bonds. The van der Waals surface area contributed by atoms with Gasteiger partial charge in [-0.2, -0.15) is 0 Å². The number of likely N-dealkylation sites (N-methyl/N-ethyl adjacent to an activating group) is 1. The summed E-state index contributed by atoms with van der Waals surface area (Å²) in [6.45, 7) is 0.706. The van der Waals surface area contributed by atoms with Crippen LogP contribution in [0.1, 0.15) is 11.6 Å². The lowest BCUT2D eigenvalue weighted by Gasteiger charge is -2.22. The van der Waals surface area contributed by atoms with Gasteiger partial charge in [-0.15, -0.1) is 11.8 Å². The maximum absolute atomic E-state index is 12.3. The predicted molar refractivity (Wildman–Crippen MR) is 113 cm³/mol. The van der Waals surface area contributed by atoms with E-state index in [9.17, 15) is 9.59 Å². The molecule has 7 heteroatoms. The van der Waals surface area contributed by atoms with Gasteiger partial charge in [0.15, 0.2) is 0 Å². The minimum Gasteiger partial charge on any atom is -0.347 e. The Morgan fingerprint density at radius 2 is 1.63 bits per heavy atom. The molecule has 0 heterocycles. The van der Waals surface area contributed by atoms with Gasteiger partial charge in [0, 0.05) is 17.3 Å². The molecule has 0 aromatic heterocycles. The molecule has 2 aromatic rings. The molecule has 0 radical (unpaired) electrons. The fourth-order valence-corrected chi connectivity index (χ4v) is 3.24. The van der Waals surface area contributed by atoms with Gasteiger partial charge in [-0.25, -0.2) is 0 Å². The Bertz CT molecular complexity index is 739. The fourth-order valence-electron chi connectivity index (χ4n) is 2.49. The summed E-state index contributed by atoms with van der Waals surface area (Å²) in [5, 5.41) is 6.44. The topological polar surface area (TPSA) is 61.4 Å². The van der Waals surface area contributed by atoms with Gasteiger partial charge >= 0.3 is 0 Å². The molecule has 0 spiro atoms. The molecule has 1 atom stereocenters. The third-order valence-electron chi connectivity index (χ3n) is 3.68. The van der Waals surface area contributed by atoms with Crippen LogP contribution in [0.4, 0.5) is 5.69 Å². The van der Waals surface area contributed by atoms with Crippen molar-refractivity contribution in [3.05, 3.63) is 65.2 Å². The Morgan fingerprint density at radius 3 is 2.26 bits per heavy atom. The zero-order chi connectivity index (χ0) is 19.6. The van der Waals surface area contributed by atoms with Crippen LogP contribution in [-0.2, 0) is 9.59 Å². The Morgan fingerprint density at radius 1 is 1.00 bits per heavy atom. The number of rotatable bonds is 9. The first-order chi connectivity index (χ1) is 12.9. The number of nitrogens with one attached hydrogen (secondary N) is 2. The summed E-state index contributed by atoms with van der Waals surface area (Å²) in [6, 6.07) is 16.7. The zero-order valence-electron chi connectivity index (χ0n) is 15.4. The second-order valence-corrected chi connectivity index (χ2v) is 7.76. The molecule has 2 N–H and O–H groups in total. The number of hydrogen-bond acceptors (Lipinski definition) is 4. The maximum atomic E-state index is 12.3. The highest BCUT2D eigenvalue weighted by molar-refractivity contribution is 8.00. The van der Waals surface area contributed by atoms with Crippen molar-refractivity contribution in [1.29, 1.82) is 0 Å². The Kier molecular flexibility index (Phi) is 8.64. The minimum absolute atomic E-state index is 0.0859. The van der Waals surface area contributed by atoms with E-state index in [1.165, 1.54) is 11.8 Å². The summed E-state index contributed by atoms with van der Waals surface area (Å²) in [5.74, 6) is 0.197. The lowest BCUT2D eigenvalue weighted by Crippen LogP contribution is -2.36. The Labute approximate surface area is 169 Å². The number of anilines is 1. The van der Waals surface area contributed by atoms with Crippen LogP contribution < -0.4 is 10.6 Å². The molecule has 0 aliphatic carbocycles. The number of halogens is 1. The zero-order valence-corrected chi connectivity index (χ0v) is 17.0. The first-order valence-corrected chi connectivity index (χ1v) is 10.1. The number of thioether (sulfide) groups is 1. The van der Waals surface area contributed by atoms with Gasteiger partial charge in [0.2, 0.25) is 11.8 Å². The van der Waals surface area contributed by atoms with E-state index in [-0.39, 0.29) is 29.4 Å². The normalized spacial score (nSPS) is 11.9. The molecule has 2 rings (SSSR count). The van der Waals surface area contributed by atoms with E-state index in [4.69, 9.17) is 11.6 Å². The van der Waals surface area contributed by atoms with E-state index in [2.05, 4.69) is 10.6 Å². The summed E-state index contributed by atoms with van der Waals surface area (Å²) in [6.07, 6.45) is 0. The van der Waals surface area contributed by atoms with Gasteiger partial charge in [0.1, 0.15) is 0 Å². The fraction of sp³-hybridized carbons (Fsp3) is 0.300. The third-order valence-corrected chi connectivity index (χ3v) is 4.86. The minimum atomic E-state index is -0.150. The van der Waals surface area contributed by atoms with Crippen molar-refractivity contribution >= 4 is 40.9 Å². The molecule has 0 aliphatic heterocycles. The number of carbonyl (C=O) groups excluding carboxylic acids is 2. The predicted octanol–water partition coefficient (Wildman–Crippen LogP) is 3.43. The molecule has 27 heavy (non-hydrogen) atoms. The molecule has 0 bridgehead atoms. The number of nitrogens with zero attached hydrogens (tertiary/aromatic N) is 1. The number of amides is 2. The molecule has 0 fully saturated rings. The first-order valence-electron chi connectivity index (χ1n) is 8.56. The highest BCUT2D eigenvalue weighted by Gasteiger charge is 2.15. The van der Waals surface area contributed by atoms with Gasteiger partial charge in [0.05, 0.1) is 17.5 Å². The van der Waals surface area contributed by atoms with Crippen molar-refractivity contribution in [3.63, 3.8) is 0 Å². The smallest absolute Gasteiger partial charge is 0.234 e. The first kappa shape index (κ1) is 21.3. The van der Waals surface area contributed by atoms with Crippen LogP contribution in [0, 0.1) is 0 Å². The van der Waals surface area contributed by atoms with Gasteiger partial charge < -0.3 is 15.5 Å². The van der Waals surface area contributed by atoms with Crippen molar-refractivity contribution in [2.24, 2.45) is 0 Å². The lowest BCUT2D eigenvalue weighted by molar-refractivity contribution is -0.119. The second kappa shape index (κ2) is 11.0. The Balaban J connectivity index is 1.78. The van der Waals surface area contributed by atoms with E-state index in [1.54, 1.807) is 24.3 Å². The molecule has 144 valence electrons. The van der Waals surface area contributed by atoms with Crippen LogP contribution in [0.5, 0.6) is 0 Å². The summed E-state index contributed by atoms with van der Waals surface area (Å²) < 4.78 is 0. The van der Waals surface area contributed by atoms with E-state index >= 15 is 0 Å². The maximum Gasteiger partial charge on any atom is 0.234 e. The Hall–Kier alpha value is -2.02. The third kappa shape index (κ3) is 8.03. The van der Waals surface area contributed by atoms with Gasteiger partial charge in [-0.05, 0) is 43.9 Å². The SMILES string of the molecule is CN(C)C[C@@H](NC(=O)CSCC(=O)Nc1ccc(Cl)cc1)c1ccccc1. The number of carbonyl (C=O) groups is 2. The van der Waals surface area contributed by atoms with Gasteiger partial charge in [-0.1, -0.05) is 41.9 Å². The molecule has 0 saturated heterocycles. The lowest BCUT2D eigenvalue weighted by atomic mass is 10.1. The molecular weight excluding hydrogens is 382 g/mol. The van der Waals surface area contributed by atoms with Crippen LogP contribution >= 0.6 is 23.4 Å². The summed E-state index contributed by atoms with van der Waals surface area (Å²) in [7, 11) is 3.94. The standard InChI is InChI=1S/C20H24ClN3O2S/c1-24(2)12-18(15-6-4-3-5-7-15)23-20(26)14-27-13-19(25)22-17-10-8-16(21)9-11-17/h3-11,18H,12-14H2,1-2H3,(H,22,25)(H,23,26)/t18-/m1/s1. The summed E-state index contributed by atoms with van der Waals surface area (Å²) in [5.41, 5.74) is 1.75. The molecule has 2 aromatic carbocycles.